The highest BCUT2D eigenvalue weighted by atomic mass is 32.2. The first kappa shape index (κ1) is 24.5. The normalized spacial score (nSPS) is 18.8. The molecule has 1 unspecified atom stereocenters. The summed E-state index contributed by atoms with van der Waals surface area (Å²) in [7, 11) is -3.64. The first-order chi connectivity index (χ1) is 17.5. The van der Waals surface area contributed by atoms with E-state index in [0.717, 1.165) is 42.4 Å². The molecule has 0 aliphatic carbocycles. The maximum Gasteiger partial charge on any atom is 0.225 e. The van der Waals surface area contributed by atoms with Crippen molar-refractivity contribution in [2.45, 2.75) is 18.1 Å². The SMILES string of the molecule is C=CC(c1ccc2ccccc2c1)S(=O)(=O)N1CCN(C(=O)C2CCN(c3ccncc3)CC2)CC1. The number of hydrogen-bond acceptors (Lipinski definition) is 5. The van der Waals surface area contributed by atoms with E-state index in [0.29, 0.717) is 31.7 Å². The number of nitrogens with zero attached hydrogens (tertiary/aromatic N) is 4. The molecule has 1 atom stereocenters. The summed E-state index contributed by atoms with van der Waals surface area (Å²) in [5.41, 5.74) is 1.85. The number of hydrogen-bond donors (Lipinski definition) is 0. The fourth-order valence-electron chi connectivity index (χ4n) is 5.34. The van der Waals surface area contributed by atoms with Gasteiger partial charge in [0, 0.05) is 63.3 Å². The molecule has 0 saturated carbocycles. The Morgan fingerprint density at radius 1 is 0.917 bits per heavy atom. The lowest BCUT2D eigenvalue weighted by Gasteiger charge is -2.39. The summed E-state index contributed by atoms with van der Waals surface area (Å²) in [6, 6.07) is 17.6. The van der Waals surface area contributed by atoms with E-state index in [1.54, 1.807) is 12.4 Å². The van der Waals surface area contributed by atoms with Crippen molar-refractivity contribution in [3.63, 3.8) is 0 Å². The number of rotatable bonds is 6. The minimum Gasteiger partial charge on any atom is -0.371 e. The van der Waals surface area contributed by atoms with Gasteiger partial charge < -0.3 is 9.80 Å². The molecule has 2 aromatic carbocycles. The molecule has 0 spiro atoms. The van der Waals surface area contributed by atoms with Crippen molar-refractivity contribution in [1.29, 1.82) is 0 Å². The minimum atomic E-state index is -3.64. The molecule has 7 nitrogen and oxygen atoms in total. The van der Waals surface area contributed by atoms with Crippen LogP contribution in [-0.4, -0.2) is 67.8 Å². The highest BCUT2D eigenvalue weighted by Gasteiger charge is 2.36. The van der Waals surface area contributed by atoms with E-state index in [4.69, 9.17) is 0 Å². The molecule has 2 saturated heterocycles. The second-order valence-electron chi connectivity index (χ2n) is 9.50. The van der Waals surface area contributed by atoms with Gasteiger partial charge in [0.25, 0.3) is 0 Å². The van der Waals surface area contributed by atoms with Gasteiger partial charge >= 0.3 is 0 Å². The molecular formula is C28H32N4O3S. The molecule has 0 radical (unpaired) electrons. The van der Waals surface area contributed by atoms with E-state index in [1.807, 2.05) is 59.5 Å². The summed E-state index contributed by atoms with van der Waals surface area (Å²) in [6.45, 7) is 6.96. The van der Waals surface area contributed by atoms with Crippen molar-refractivity contribution in [3.05, 3.63) is 85.2 Å². The minimum absolute atomic E-state index is 0.00947. The molecule has 36 heavy (non-hydrogen) atoms. The van der Waals surface area contributed by atoms with Crippen LogP contribution < -0.4 is 4.90 Å². The highest BCUT2D eigenvalue weighted by Crippen LogP contribution is 2.31. The predicted octanol–water partition coefficient (Wildman–Crippen LogP) is 3.85. The van der Waals surface area contributed by atoms with Crippen LogP contribution in [-0.2, 0) is 14.8 Å². The van der Waals surface area contributed by atoms with Crippen molar-refractivity contribution < 1.29 is 13.2 Å². The van der Waals surface area contributed by atoms with Gasteiger partial charge in [0.1, 0.15) is 5.25 Å². The zero-order chi connectivity index (χ0) is 25.1. The fourth-order valence-corrected chi connectivity index (χ4v) is 7.06. The van der Waals surface area contributed by atoms with Crippen LogP contribution in [0, 0.1) is 5.92 Å². The van der Waals surface area contributed by atoms with Gasteiger partial charge in [-0.3, -0.25) is 9.78 Å². The number of fused-ring (bicyclic) bond motifs is 1. The summed E-state index contributed by atoms with van der Waals surface area (Å²) in [5.74, 6) is 0.140. The highest BCUT2D eigenvalue weighted by molar-refractivity contribution is 7.89. The van der Waals surface area contributed by atoms with Crippen LogP contribution in [0.5, 0.6) is 0 Å². The quantitative estimate of drug-likeness (QED) is 0.477. The van der Waals surface area contributed by atoms with E-state index in [2.05, 4.69) is 16.5 Å². The Bertz CT molecular complexity index is 1330. The lowest BCUT2D eigenvalue weighted by Crippen LogP contribution is -2.53. The predicted molar refractivity (Wildman–Crippen MR) is 143 cm³/mol. The maximum atomic E-state index is 13.5. The molecular weight excluding hydrogens is 472 g/mol. The number of carbonyl (C=O) groups excluding carboxylic acids is 1. The average molecular weight is 505 g/mol. The Balaban J connectivity index is 1.20. The summed E-state index contributed by atoms with van der Waals surface area (Å²) in [4.78, 5) is 21.4. The first-order valence-corrected chi connectivity index (χ1v) is 14.0. The van der Waals surface area contributed by atoms with Crippen LogP contribution in [0.15, 0.2) is 79.6 Å². The van der Waals surface area contributed by atoms with Crippen molar-refractivity contribution in [2.24, 2.45) is 5.92 Å². The molecule has 1 amide bonds. The number of amides is 1. The van der Waals surface area contributed by atoms with Gasteiger partial charge in [-0.15, -0.1) is 6.58 Å². The van der Waals surface area contributed by atoms with Gasteiger partial charge in [-0.25, -0.2) is 8.42 Å². The number of anilines is 1. The molecule has 0 bridgehead atoms. The Morgan fingerprint density at radius 3 is 2.25 bits per heavy atom. The van der Waals surface area contributed by atoms with Crippen molar-refractivity contribution >= 4 is 32.4 Å². The number of piperazine rings is 1. The molecule has 1 aromatic heterocycles. The van der Waals surface area contributed by atoms with Gasteiger partial charge in [-0.1, -0.05) is 42.5 Å². The summed E-state index contributed by atoms with van der Waals surface area (Å²) < 4.78 is 28.6. The van der Waals surface area contributed by atoms with Crippen molar-refractivity contribution in [3.8, 4) is 0 Å². The van der Waals surface area contributed by atoms with Gasteiger partial charge in [0.15, 0.2) is 0 Å². The summed E-state index contributed by atoms with van der Waals surface area (Å²) in [5, 5.41) is 1.25. The van der Waals surface area contributed by atoms with Gasteiger partial charge in [0.05, 0.1) is 0 Å². The zero-order valence-electron chi connectivity index (χ0n) is 20.4. The van der Waals surface area contributed by atoms with Crippen molar-refractivity contribution in [1.82, 2.24) is 14.2 Å². The van der Waals surface area contributed by atoms with Gasteiger partial charge in [-0.05, 0) is 47.4 Å². The van der Waals surface area contributed by atoms with Crippen LogP contribution in [0.2, 0.25) is 0 Å². The molecule has 8 heteroatoms. The number of benzene rings is 2. The van der Waals surface area contributed by atoms with E-state index < -0.39 is 15.3 Å². The Hall–Kier alpha value is -3.23. The lowest BCUT2D eigenvalue weighted by molar-refractivity contribution is -0.137. The molecule has 3 heterocycles. The number of pyridine rings is 1. The van der Waals surface area contributed by atoms with E-state index >= 15 is 0 Å². The summed E-state index contributed by atoms with van der Waals surface area (Å²) >= 11 is 0. The van der Waals surface area contributed by atoms with E-state index in [1.165, 1.54) is 10.4 Å². The monoisotopic (exact) mass is 504 g/mol. The third-order valence-electron chi connectivity index (χ3n) is 7.42. The van der Waals surface area contributed by atoms with E-state index in [9.17, 15) is 13.2 Å². The smallest absolute Gasteiger partial charge is 0.225 e. The largest absolute Gasteiger partial charge is 0.371 e. The van der Waals surface area contributed by atoms with Gasteiger partial charge in [0.2, 0.25) is 15.9 Å². The molecule has 2 aliphatic rings. The average Bonchev–Trinajstić information content (AvgIpc) is 2.93. The number of sulfonamides is 1. The molecule has 2 fully saturated rings. The second kappa shape index (κ2) is 10.4. The number of carbonyl (C=O) groups is 1. The third-order valence-corrected chi connectivity index (χ3v) is 9.61. The second-order valence-corrected chi connectivity index (χ2v) is 11.6. The van der Waals surface area contributed by atoms with Crippen LogP contribution in [0.1, 0.15) is 23.7 Å². The van der Waals surface area contributed by atoms with Crippen LogP contribution in [0.3, 0.4) is 0 Å². The lowest BCUT2D eigenvalue weighted by atomic mass is 9.94. The molecule has 188 valence electrons. The Morgan fingerprint density at radius 2 is 1.58 bits per heavy atom. The van der Waals surface area contributed by atoms with E-state index in [-0.39, 0.29) is 11.8 Å². The zero-order valence-corrected chi connectivity index (χ0v) is 21.2. The topological polar surface area (TPSA) is 73.8 Å². The third kappa shape index (κ3) is 4.88. The maximum absolute atomic E-state index is 13.5. The van der Waals surface area contributed by atoms with Gasteiger partial charge in [-0.2, -0.15) is 4.31 Å². The van der Waals surface area contributed by atoms with Crippen LogP contribution in [0.25, 0.3) is 10.8 Å². The number of aromatic nitrogens is 1. The molecule has 2 aliphatic heterocycles. The Labute approximate surface area is 213 Å². The molecule has 0 N–H and O–H groups in total. The first-order valence-electron chi connectivity index (χ1n) is 12.5. The Kier molecular flexibility index (Phi) is 7.07. The summed E-state index contributed by atoms with van der Waals surface area (Å²) in [6.07, 6.45) is 6.70. The molecule has 3 aromatic rings. The van der Waals surface area contributed by atoms with Crippen molar-refractivity contribution in [2.75, 3.05) is 44.2 Å². The van der Waals surface area contributed by atoms with Crippen LogP contribution >= 0.6 is 0 Å². The van der Waals surface area contributed by atoms with Crippen LogP contribution in [0.4, 0.5) is 5.69 Å². The standard InChI is InChI=1S/C28H32N4O3S/c1-2-27(25-8-7-22-5-3-4-6-24(22)21-25)36(34,35)32-19-17-31(18-20-32)28(33)23-11-15-30(16-12-23)26-9-13-29-14-10-26/h2-10,13-14,21,23,27H,1,11-12,15-20H2. The fraction of sp³-hybridized carbons (Fsp3) is 0.357. The number of piperidine rings is 1. The molecule has 5 rings (SSSR count).